The number of ether oxygens (including phenoxy) is 1. The van der Waals surface area contributed by atoms with E-state index >= 15 is 0 Å². The van der Waals surface area contributed by atoms with Gasteiger partial charge in [-0.15, -0.1) is 12.4 Å². The molecule has 23 heavy (non-hydrogen) atoms. The van der Waals surface area contributed by atoms with E-state index in [0.717, 1.165) is 31.5 Å². The molecule has 2 rings (SSSR count). The minimum Gasteiger partial charge on any atom is -0.484 e. The molecule has 1 aromatic carbocycles. The number of benzene rings is 1. The molecule has 0 aromatic heterocycles. The third kappa shape index (κ3) is 6.08. The number of anilines is 1. The average molecular weight is 342 g/mol. The van der Waals surface area contributed by atoms with Crippen LogP contribution in [0.1, 0.15) is 19.3 Å². The predicted molar refractivity (Wildman–Crippen MR) is 92.2 cm³/mol. The second-order valence-corrected chi connectivity index (χ2v) is 5.59. The molecule has 1 aromatic rings. The Morgan fingerprint density at radius 1 is 1.26 bits per heavy atom. The van der Waals surface area contributed by atoms with Crippen molar-refractivity contribution in [3.63, 3.8) is 0 Å². The molecule has 2 N–H and O–H groups in total. The standard InChI is InChI=1S/C16H23N3O3.ClH/c1-19(2)15(20)11-22-13-8-6-12(7-9-13)18-16(21)14-5-3-4-10-17-14;/h6-9,14,17H,3-5,10-11H2,1-2H3,(H,18,21);1H. The fraction of sp³-hybridized carbons (Fsp3) is 0.500. The van der Waals surface area contributed by atoms with Crippen LogP contribution < -0.4 is 15.4 Å². The Bertz CT molecular complexity index is 514. The number of rotatable bonds is 5. The number of piperidine rings is 1. The Hall–Kier alpha value is -1.79. The molecule has 1 aliphatic heterocycles. The zero-order valence-electron chi connectivity index (χ0n) is 13.5. The van der Waals surface area contributed by atoms with Crippen molar-refractivity contribution >= 4 is 29.9 Å². The molecule has 0 saturated carbocycles. The fourth-order valence-corrected chi connectivity index (χ4v) is 2.21. The molecule has 128 valence electrons. The van der Waals surface area contributed by atoms with Crippen LogP contribution in [0.25, 0.3) is 0 Å². The maximum Gasteiger partial charge on any atom is 0.259 e. The first-order chi connectivity index (χ1) is 10.6. The number of nitrogens with zero attached hydrogens (tertiary/aromatic N) is 1. The van der Waals surface area contributed by atoms with Crippen LogP contribution in [0.4, 0.5) is 5.69 Å². The molecule has 2 amide bonds. The van der Waals surface area contributed by atoms with E-state index in [1.165, 1.54) is 4.90 Å². The lowest BCUT2D eigenvalue weighted by atomic mass is 10.0. The summed E-state index contributed by atoms with van der Waals surface area (Å²) in [5.41, 5.74) is 0.726. The first-order valence-electron chi connectivity index (χ1n) is 7.53. The molecule has 1 heterocycles. The van der Waals surface area contributed by atoms with E-state index in [-0.39, 0.29) is 36.9 Å². The van der Waals surface area contributed by atoms with Gasteiger partial charge in [-0.2, -0.15) is 0 Å². The predicted octanol–water partition coefficient (Wildman–Crippen LogP) is 1.66. The van der Waals surface area contributed by atoms with E-state index in [9.17, 15) is 9.59 Å². The van der Waals surface area contributed by atoms with Crippen LogP contribution in [0.3, 0.4) is 0 Å². The van der Waals surface area contributed by atoms with Gasteiger partial charge >= 0.3 is 0 Å². The summed E-state index contributed by atoms with van der Waals surface area (Å²) in [5.74, 6) is 0.501. The van der Waals surface area contributed by atoms with Crippen molar-refractivity contribution in [3.8, 4) is 5.75 Å². The number of nitrogens with one attached hydrogen (secondary N) is 2. The highest BCUT2D eigenvalue weighted by molar-refractivity contribution is 5.94. The van der Waals surface area contributed by atoms with E-state index < -0.39 is 0 Å². The third-order valence-electron chi connectivity index (χ3n) is 3.61. The van der Waals surface area contributed by atoms with E-state index in [0.29, 0.717) is 5.75 Å². The summed E-state index contributed by atoms with van der Waals surface area (Å²) in [6.07, 6.45) is 3.08. The Morgan fingerprint density at radius 2 is 1.96 bits per heavy atom. The minimum absolute atomic E-state index is 0. The number of carbonyl (C=O) groups is 2. The lowest BCUT2D eigenvalue weighted by Gasteiger charge is -2.22. The number of likely N-dealkylation sites (N-methyl/N-ethyl adjacent to an activating group) is 1. The first kappa shape index (κ1) is 19.3. The molecule has 1 unspecified atom stereocenters. The summed E-state index contributed by atoms with van der Waals surface area (Å²) in [4.78, 5) is 25.0. The van der Waals surface area contributed by atoms with Gasteiger partial charge in [0.2, 0.25) is 5.91 Å². The Kier molecular flexibility index (Phi) is 7.85. The largest absolute Gasteiger partial charge is 0.484 e. The van der Waals surface area contributed by atoms with Crippen LogP contribution in [-0.2, 0) is 9.59 Å². The number of carbonyl (C=O) groups excluding carboxylic acids is 2. The van der Waals surface area contributed by atoms with E-state index in [1.54, 1.807) is 38.4 Å². The summed E-state index contributed by atoms with van der Waals surface area (Å²) in [6, 6.07) is 6.92. The molecule has 1 atom stereocenters. The number of halogens is 1. The van der Waals surface area contributed by atoms with Gasteiger partial charge in [0.15, 0.2) is 6.61 Å². The summed E-state index contributed by atoms with van der Waals surface area (Å²) in [7, 11) is 3.37. The quantitative estimate of drug-likeness (QED) is 0.854. The average Bonchev–Trinajstić information content (AvgIpc) is 2.54. The van der Waals surface area contributed by atoms with Crippen LogP contribution >= 0.6 is 12.4 Å². The van der Waals surface area contributed by atoms with Crippen molar-refractivity contribution in [1.82, 2.24) is 10.2 Å². The van der Waals surface area contributed by atoms with E-state index in [4.69, 9.17) is 4.74 Å². The highest BCUT2D eigenvalue weighted by Gasteiger charge is 2.20. The molecule has 1 saturated heterocycles. The SMILES string of the molecule is CN(C)C(=O)COc1ccc(NC(=O)C2CCCCN2)cc1.Cl. The van der Waals surface area contributed by atoms with Gasteiger partial charge < -0.3 is 20.3 Å². The van der Waals surface area contributed by atoms with Gasteiger partial charge in [-0.25, -0.2) is 0 Å². The first-order valence-corrected chi connectivity index (χ1v) is 7.53. The normalized spacial score (nSPS) is 16.9. The van der Waals surface area contributed by atoms with Crippen molar-refractivity contribution in [1.29, 1.82) is 0 Å². The van der Waals surface area contributed by atoms with Crippen molar-refractivity contribution in [2.24, 2.45) is 0 Å². The van der Waals surface area contributed by atoms with Crippen molar-refractivity contribution in [2.45, 2.75) is 25.3 Å². The van der Waals surface area contributed by atoms with Gasteiger partial charge in [0.05, 0.1) is 6.04 Å². The number of hydrogen-bond donors (Lipinski definition) is 2. The van der Waals surface area contributed by atoms with Gasteiger partial charge in [0.25, 0.3) is 5.91 Å². The smallest absolute Gasteiger partial charge is 0.259 e. The van der Waals surface area contributed by atoms with Crippen LogP contribution in [0.2, 0.25) is 0 Å². The third-order valence-corrected chi connectivity index (χ3v) is 3.61. The number of hydrogen-bond acceptors (Lipinski definition) is 4. The van der Waals surface area contributed by atoms with Crippen molar-refractivity contribution in [2.75, 3.05) is 32.6 Å². The van der Waals surface area contributed by atoms with Crippen LogP contribution in [-0.4, -0.2) is 50.0 Å². The lowest BCUT2D eigenvalue weighted by Crippen LogP contribution is -2.43. The van der Waals surface area contributed by atoms with Crippen LogP contribution in [0.5, 0.6) is 5.75 Å². The monoisotopic (exact) mass is 341 g/mol. The summed E-state index contributed by atoms with van der Waals surface area (Å²) >= 11 is 0. The molecule has 0 aliphatic carbocycles. The van der Waals surface area contributed by atoms with Gasteiger partial charge in [0, 0.05) is 19.8 Å². The second kappa shape index (κ2) is 9.37. The van der Waals surface area contributed by atoms with Crippen molar-refractivity contribution in [3.05, 3.63) is 24.3 Å². The molecular formula is C16H24ClN3O3. The van der Waals surface area contributed by atoms with Gasteiger partial charge in [-0.3, -0.25) is 9.59 Å². The number of amides is 2. The molecule has 6 nitrogen and oxygen atoms in total. The van der Waals surface area contributed by atoms with Gasteiger partial charge in [-0.1, -0.05) is 6.42 Å². The molecule has 0 bridgehead atoms. The van der Waals surface area contributed by atoms with Crippen molar-refractivity contribution < 1.29 is 14.3 Å². The fourth-order valence-electron chi connectivity index (χ4n) is 2.21. The topological polar surface area (TPSA) is 70.7 Å². The molecular weight excluding hydrogens is 318 g/mol. The van der Waals surface area contributed by atoms with Gasteiger partial charge in [0.1, 0.15) is 5.75 Å². The van der Waals surface area contributed by atoms with E-state index in [2.05, 4.69) is 10.6 Å². The molecule has 7 heteroatoms. The second-order valence-electron chi connectivity index (χ2n) is 5.59. The highest BCUT2D eigenvalue weighted by atomic mass is 35.5. The zero-order chi connectivity index (χ0) is 15.9. The minimum atomic E-state index is -0.109. The summed E-state index contributed by atoms with van der Waals surface area (Å²) < 4.78 is 5.39. The lowest BCUT2D eigenvalue weighted by molar-refractivity contribution is -0.130. The Morgan fingerprint density at radius 3 is 2.52 bits per heavy atom. The molecule has 0 radical (unpaired) electrons. The molecule has 1 aliphatic rings. The highest BCUT2D eigenvalue weighted by Crippen LogP contribution is 2.17. The van der Waals surface area contributed by atoms with Crippen LogP contribution in [0, 0.1) is 0 Å². The molecule has 0 spiro atoms. The maximum absolute atomic E-state index is 12.1. The Balaban J connectivity index is 0.00000264. The zero-order valence-corrected chi connectivity index (χ0v) is 14.3. The van der Waals surface area contributed by atoms with E-state index in [1.807, 2.05) is 0 Å². The maximum atomic E-state index is 12.1. The molecule has 1 fully saturated rings. The van der Waals surface area contributed by atoms with Gasteiger partial charge in [-0.05, 0) is 43.7 Å². The summed E-state index contributed by atoms with van der Waals surface area (Å²) in [5, 5.41) is 6.10. The summed E-state index contributed by atoms with van der Waals surface area (Å²) in [6.45, 7) is 0.898. The Labute approximate surface area is 143 Å². The van der Waals surface area contributed by atoms with Crippen LogP contribution in [0.15, 0.2) is 24.3 Å².